The van der Waals surface area contributed by atoms with Crippen LogP contribution in [0.2, 0.25) is 0 Å². The highest BCUT2D eigenvalue weighted by Gasteiger charge is 2.29. The minimum Gasteiger partial charge on any atom is -0.460 e. The molecule has 0 saturated heterocycles. The Bertz CT molecular complexity index is 475. The smallest absolute Gasteiger partial charge is 0.341 e. The third-order valence-electron chi connectivity index (χ3n) is 3.14. The quantitative estimate of drug-likeness (QED) is 0.317. The lowest BCUT2D eigenvalue weighted by atomic mass is 10.2. The van der Waals surface area contributed by atoms with Crippen molar-refractivity contribution in [2.24, 2.45) is 0 Å². The van der Waals surface area contributed by atoms with E-state index in [0.29, 0.717) is 13.2 Å². The highest BCUT2D eigenvalue weighted by Crippen LogP contribution is 2.48. The molecule has 0 aliphatic carbocycles. The maximum Gasteiger partial charge on any atom is 0.341 e. The van der Waals surface area contributed by atoms with Gasteiger partial charge in [0.05, 0.1) is 13.2 Å². The molecular formula is C17H27O5P. The van der Waals surface area contributed by atoms with Gasteiger partial charge < -0.3 is 13.8 Å². The zero-order chi connectivity index (χ0) is 17.0. The van der Waals surface area contributed by atoms with E-state index in [1.165, 1.54) is 0 Å². The molecule has 23 heavy (non-hydrogen) atoms. The van der Waals surface area contributed by atoms with Crippen LogP contribution in [-0.2, 0) is 29.8 Å². The van der Waals surface area contributed by atoms with Gasteiger partial charge in [0, 0.05) is 0 Å². The number of hydrogen-bond acceptors (Lipinski definition) is 5. The topological polar surface area (TPSA) is 61.8 Å². The van der Waals surface area contributed by atoms with Crippen molar-refractivity contribution in [1.29, 1.82) is 0 Å². The van der Waals surface area contributed by atoms with Crippen LogP contribution < -0.4 is 0 Å². The molecule has 5 nitrogen and oxygen atoms in total. The minimum atomic E-state index is -3.43. The predicted molar refractivity (Wildman–Crippen MR) is 90.4 cm³/mol. The van der Waals surface area contributed by atoms with E-state index < -0.39 is 13.6 Å². The Morgan fingerprint density at radius 3 is 2.09 bits per heavy atom. The molecule has 130 valence electrons. The van der Waals surface area contributed by atoms with Gasteiger partial charge in [0.1, 0.15) is 12.8 Å². The standard InChI is InChI=1S/C17H27O5P/c1-3-5-12-21-23(19,22-13-6-4-2)15-17(18)20-14-16-10-8-7-9-11-16/h7-11H,3-6,12-15H2,1-2H3. The van der Waals surface area contributed by atoms with Crippen molar-refractivity contribution in [3.8, 4) is 0 Å². The Hall–Kier alpha value is -1.16. The zero-order valence-electron chi connectivity index (χ0n) is 14.0. The van der Waals surface area contributed by atoms with Gasteiger partial charge in [-0.15, -0.1) is 0 Å². The first-order chi connectivity index (χ1) is 11.1. The van der Waals surface area contributed by atoms with E-state index in [1.54, 1.807) is 0 Å². The number of carbonyl (C=O) groups is 1. The fraction of sp³-hybridized carbons (Fsp3) is 0.588. The molecule has 0 aliphatic heterocycles. The molecule has 0 saturated carbocycles. The molecule has 0 unspecified atom stereocenters. The fourth-order valence-electron chi connectivity index (χ4n) is 1.77. The van der Waals surface area contributed by atoms with Crippen LogP contribution in [0.1, 0.15) is 45.1 Å². The summed E-state index contributed by atoms with van der Waals surface area (Å²) in [6.07, 6.45) is 3.06. The van der Waals surface area contributed by atoms with Crippen LogP contribution in [0.15, 0.2) is 30.3 Å². The monoisotopic (exact) mass is 342 g/mol. The largest absolute Gasteiger partial charge is 0.460 e. The van der Waals surface area contributed by atoms with Gasteiger partial charge in [0.15, 0.2) is 0 Å². The molecule has 0 spiro atoms. The Morgan fingerprint density at radius 1 is 1.00 bits per heavy atom. The Labute approximate surface area is 138 Å². The zero-order valence-corrected chi connectivity index (χ0v) is 14.9. The van der Waals surface area contributed by atoms with Crippen LogP contribution in [0.3, 0.4) is 0 Å². The SMILES string of the molecule is CCCCOP(=O)(CC(=O)OCc1ccccc1)OCCCC. The van der Waals surface area contributed by atoms with Crippen molar-refractivity contribution in [1.82, 2.24) is 0 Å². The van der Waals surface area contributed by atoms with Crippen LogP contribution in [0.5, 0.6) is 0 Å². The van der Waals surface area contributed by atoms with E-state index in [9.17, 15) is 9.36 Å². The summed E-state index contributed by atoms with van der Waals surface area (Å²) in [5.74, 6) is -0.565. The lowest BCUT2D eigenvalue weighted by Gasteiger charge is -2.18. The molecule has 0 bridgehead atoms. The molecule has 0 heterocycles. The molecule has 6 heteroatoms. The maximum atomic E-state index is 12.6. The van der Waals surface area contributed by atoms with Crippen LogP contribution >= 0.6 is 7.60 Å². The van der Waals surface area contributed by atoms with E-state index in [-0.39, 0.29) is 12.8 Å². The molecule has 0 aromatic heterocycles. The van der Waals surface area contributed by atoms with E-state index in [1.807, 2.05) is 44.2 Å². The third kappa shape index (κ3) is 8.89. The van der Waals surface area contributed by atoms with Crippen LogP contribution in [0.4, 0.5) is 0 Å². The van der Waals surface area contributed by atoms with Gasteiger partial charge >= 0.3 is 13.6 Å². The molecule has 0 aliphatic rings. The predicted octanol–water partition coefficient (Wildman–Crippen LogP) is 4.56. The van der Waals surface area contributed by atoms with Gasteiger partial charge in [-0.3, -0.25) is 9.36 Å². The molecule has 0 amide bonds. The molecular weight excluding hydrogens is 315 g/mol. The van der Waals surface area contributed by atoms with Crippen LogP contribution in [0, 0.1) is 0 Å². The van der Waals surface area contributed by atoms with Gasteiger partial charge in [-0.2, -0.15) is 0 Å². The summed E-state index contributed by atoms with van der Waals surface area (Å²) >= 11 is 0. The Kier molecular flexibility index (Phi) is 9.85. The number of carbonyl (C=O) groups excluding carboxylic acids is 1. The summed E-state index contributed by atoms with van der Waals surface area (Å²) in [7, 11) is -3.43. The van der Waals surface area contributed by atoms with Crippen molar-refractivity contribution in [3.05, 3.63) is 35.9 Å². The number of unbranched alkanes of at least 4 members (excludes halogenated alkanes) is 2. The number of hydrogen-bond donors (Lipinski definition) is 0. The highest BCUT2D eigenvalue weighted by molar-refractivity contribution is 7.54. The van der Waals surface area contributed by atoms with E-state index in [0.717, 1.165) is 31.2 Å². The Balaban J connectivity index is 2.49. The number of esters is 1. The van der Waals surface area contributed by atoms with Gasteiger partial charge in [0.2, 0.25) is 0 Å². The average molecular weight is 342 g/mol. The van der Waals surface area contributed by atoms with Crippen molar-refractivity contribution in [2.45, 2.75) is 46.1 Å². The minimum absolute atomic E-state index is 0.156. The second kappa shape index (κ2) is 11.4. The lowest BCUT2D eigenvalue weighted by molar-refractivity contribution is -0.142. The fourth-order valence-corrected chi connectivity index (χ4v) is 3.25. The summed E-state index contributed by atoms with van der Waals surface area (Å²) in [6.45, 7) is 4.84. The van der Waals surface area contributed by atoms with Crippen molar-refractivity contribution < 1.29 is 23.1 Å². The summed E-state index contributed by atoms with van der Waals surface area (Å²) in [4.78, 5) is 11.9. The molecule has 0 fully saturated rings. The van der Waals surface area contributed by atoms with Gasteiger partial charge in [-0.05, 0) is 18.4 Å². The molecule has 0 radical (unpaired) electrons. The lowest BCUT2D eigenvalue weighted by Crippen LogP contribution is -2.14. The Morgan fingerprint density at radius 2 is 1.57 bits per heavy atom. The van der Waals surface area contributed by atoms with Gasteiger partial charge in [-0.1, -0.05) is 57.0 Å². The second-order valence-corrected chi connectivity index (χ2v) is 7.34. The summed E-state index contributed by atoms with van der Waals surface area (Å²) in [6, 6.07) is 9.36. The van der Waals surface area contributed by atoms with Crippen molar-refractivity contribution >= 4 is 13.6 Å². The summed E-state index contributed by atoms with van der Waals surface area (Å²) in [5.41, 5.74) is 0.884. The highest BCUT2D eigenvalue weighted by atomic mass is 31.2. The normalized spacial score (nSPS) is 11.4. The van der Waals surface area contributed by atoms with Gasteiger partial charge in [0.25, 0.3) is 0 Å². The van der Waals surface area contributed by atoms with E-state index in [2.05, 4.69) is 0 Å². The first-order valence-corrected chi connectivity index (χ1v) is 9.90. The first-order valence-electron chi connectivity index (χ1n) is 8.17. The van der Waals surface area contributed by atoms with Gasteiger partial charge in [-0.25, -0.2) is 0 Å². The van der Waals surface area contributed by atoms with Crippen LogP contribution in [-0.4, -0.2) is 25.3 Å². The second-order valence-electron chi connectivity index (χ2n) is 5.29. The van der Waals surface area contributed by atoms with Crippen molar-refractivity contribution in [2.75, 3.05) is 19.4 Å². The summed E-state index contributed by atoms with van der Waals surface area (Å²) < 4.78 is 28.5. The molecule has 1 aromatic rings. The number of rotatable bonds is 12. The molecule has 1 rings (SSSR count). The summed E-state index contributed by atoms with van der Waals surface area (Å²) in [5, 5.41) is 0. The van der Waals surface area contributed by atoms with Crippen molar-refractivity contribution in [3.63, 3.8) is 0 Å². The molecule has 0 N–H and O–H groups in total. The number of ether oxygens (including phenoxy) is 1. The van der Waals surface area contributed by atoms with Crippen LogP contribution in [0.25, 0.3) is 0 Å². The van der Waals surface area contributed by atoms with E-state index >= 15 is 0 Å². The number of benzene rings is 1. The third-order valence-corrected chi connectivity index (χ3v) is 4.93. The molecule has 0 atom stereocenters. The first kappa shape index (κ1) is 19.9. The average Bonchev–Trinajstić information content (AvgIpc) is 2.54. The molecule has 1 aromatic carbocycles. The maximum absolute atomic E-state index is 12.6. The van der Waals surface area contributed by atoms with E-state index in [4.69, 9.17) is 13.8 Å².